The van der Waals surface area contributed by atoms with Crippen LogP contribution in [0.15, 0.2) is 54.6 Å². The first-order valence-corrected chi connectivity index (χ1v) is 12.1. The molecular formula is C27H19F10N5O. The molecule has 228 valence electrons. The van der Waals surface area contributed by atoms with Crippen molar-refractivity contribution in [2.24, 2.45) is 7.05 Å². The number of benzene rings is 3. The zero-order valence-electron chi connectivity index (χ0n) is 22.0. The number of Topliss-reactive ketones (excluding diaryl/α,β-unsaturated/α-hetero) is 1. The van der Waals surface area contributed by atoms with Crippen molar-refractivity contribution in [1.29, 1.82) is 0 Å². The predicted molar refractivity (Wildman–Crippen MR) is 132 cm³/mol. The number of hydrogen-bond acceptors (Lipinski definition) is 5. The van der Waals surface area contributed by atoms with E-state index in [9.17, 15) is 48.7 Å². The Balaban J connectivity index is 1.89. The third-order valence-corrected chi connectivity index (χ3v) is 6.26. The number of carbonyl (C=O) groups excluding carboxylic acids is 1. The standard InChI is InChI=1S/C27H19F10N5O/c1-14(43)16-3-6-23(28)22(10-16)21-5-4-18(25(29,30)31)9-17(21)13-42(24-38-40-41(2)39-24)12-15-7-19(26(32,33)34)11-20(8-15)27(35,36)37/h3-11H,12-13H2,1-2H3. The molecule has 0 bridgehead atoms. The molecule has 1 heterocycles. The summed E-state index contributed by atoms with van der Waals surface area (Å²) in [5.74, 6) is -1.72. The van der Waals surface area contributed by atoms with E-state index >= 15 is 0 Å². The Bertz CT molecular complexity index is 1630. The summed E-state index contributed by atoms with van der Waals surface area (Å²) < 4.78 is 137. The Hall–Kier alpha value is -4.50. The van der Waals surface area contributed by atoms with E-state index in [0.29, 0.717) is 24.3 Å². The lowest BCUT2D eigenvalue weighted by atomic mass is 9.94. The lowest BCUT2D eigenvalue weighted by Gasteiger charge is -2.24. The van der Waals surface area contributed by atoms with Gasteiger partial charge in [-0.1, -0.05) is 11.2 Å². The first kappa shape index (κ1) is 31.4. The molecule has 4 rings (SSSR count). The number of aryl methyl sites for hydroxylation is 1. The van der Waals surface area contributed by atoms with E-state index in [4.69, 9.17) is 0 Å². The summed E-state index contributed by atoms with van der Waals surface area (Å²) in [7, 11) is 1.30. The van der Waals surface area contributed by atoms with Crippen LogP contribution in [-0.2, 0) is 38.7 Å². The Morgan fingerprint density at radius 3 is 1.88 bits per heavy atom. The van der Waals surface area contributed by atoms with Crippen molar-refractivity contribution >= 4 is 11.7 Å². The number of aromatic nitrogens is 4. The maximum absolute atomic E-state index is 15.0. The molecule has 0 fully saturated rings. The molecule has 0 atom stereocenters. The molecule has 0 spiro atoms. The van der Waals surface area contributed by atoms with Gasteiger partial charge in [0.05, 0.1) is 23.7 Å². The van der Waals surface area contributed by atoms with Crippen LogP contribution in [0.5, 0.6) is 0 Å². The highest BCUT2D eigenvalue weighted by molar-refractivity contribution is 5.95. The van der Waals surface area contributed by atoms with Crippen LogP contribution in [0, 0.1) is 5.82 Å². The van der Waals surface area contributed by atoms with Gasteiger partial charge in [-0.3, -0.25) is 4.79 Å². The highest BCUT2D eigenvalue weighted by Crippen LogP contribution is 2.38. The average Bonchev–Trinajstić information content (AvgIpc) is 3.33. The van der Waals surface area contributed by atoms with E-state index in [1.165, 1.54) is 20.0 Å². The van der Waals surface area contributed by atoms with Gasteiger partial charge in [0.15, 0.2) is 5.78 Å². The van der Waals surface area contributed by atoms with Crippen molar-refractivity contribution < 1.29 is 48.7 Å². The number of anilines is 1. The number of tetrazole rings is 1. The Kier molecular flexibility index (Phi) is 8.26. The van der Waals surface area contributed by atoms with Crippen LogP contribution in [0.4, 0.5) is 49.9 Å². The summed E-state index contributed by atoms with van der Waals surface area (Å²) in [4.78, 5) is 13.8. The van der Waals surface area contributed by atoms with Crippen LogP contribution in [0.2, 0.25) is 0 Å². The SMILES string of the molecule is CC(=O)c1ccc(F)c(-c2ccc(C(F)(F)F)cc2CN(Cc2cc(C(F)(F)F)cc(C(F)(F)F)c2)c2nnn(C)n2)c1. The van der Waals surface area contributed by atoms with E-state index < -0.39 is 65.5 Å². The highest BCUT2D eigenvalue weighted by atomic mass is 19.4. The summed E-state index contributed by atoms with van der Waals surface area (Å²) in [6.07, 6.45) is -15.2. The van der Waals surface area contributed by atoms with Gasteiger partial charge in [0.25, 0.3) is 5.95 Å². The molecule has 4 aromatic rings. The van der Waals surface area contributed by atoms with Crippen molar-refractivity contribution in [3.63, 3.8) is 0 Å². The first-order chi connectivity index (χ1) is 19.8. The minimum absolute atomic E-state index is 0.0401. The molecule has 0 unspecified atom stereocenters. The van der Waals surface area contributed by atoms with Gasteiger partial charge >= 0.3 is 18.5 Å². The largest absolute Gasteiger partial charge is 0.416 e. The van der Waals surface area contributed by atoms with Crippen LogP contribution >= 0.6 is 0 Å². The highest BCUT2D eigenvalue weighted by Gasteiger charge is 2.37. The maximum Gasteiger partial charge on any atom is 0.416 e. The Labute approximate surface area is 236 Å². The molecule has 0 amide bonds. The second kappa shape index (κ2) is 11.3. The van der Waals surface area contributed by atoms with E-state index in [0.717, 1.165) is 27.9 Å². The molecule has 0 aliphatic carbocycles. The molecule has 0 N–H and O–H groups in total. The van der Waals surface area contributed by atoms with E-state index in [-0.39, 0.29) is 34.3 Å². The molecular weight excluding hydrogens is 600 g/mol. The molecule has 0 aliphatic heterocycles. The molecule has 16 heteroatoms. The number of carbonyl (C=O) groups is 1. The average molecular weight is 619 g/mol. The Morgan fingerprint density at radius 2 is 1.37 bits per heavy atom. The lowest BCUT2D eigenvalue weighted by Crippen LogP contribution is -2.25. The minimum Gasteiger partial charge on any atom is -0.330 e. The summed E-state index contributed by atoms with van der Waals surface area (Å²) in [5, 5.41) is 11.2. The van der Waals surface area contributed by atoms with Crippen molar-refractivity contribution in [3.05, 3.63) is 93.8 Å². The second-order valence-electron chi connectivity index (χ2n) is 9.47. The lowest BCUT2D eigenvalue weighted by molar-refractivity contribution is -0.143. The molecule has 0 saturated heterocycles. The van der Waals surface area contributed by atoms with Gasteiger partial charge in [0.1, 0.15) is 5.82 Å². The normalized spacial score (nSPS) is 12.5. The van der Waals surface area contributed by atoms with Crippen LogP contribution in [-0.4, -0.2) is 26.0 Å². The summed E-state index contributed by atoms with van der Waals surface area (Å²) in [6, 6.07) is 6.38. The molecule has 1 aromatic heterocycles. The van der Waals surface area contributed by atoms with E-state index in [1.807, 2.05) is 0 Å². The number of ketones is 1. The topological polar surface area (TPSA) is 63.9 Å². The third-order valence-electron chi connectivity index (χ3n) is 6.26. The third kappa shape index (κ3) is 7.29. The monoisotopic (exact) mass is 619 g/mol. The number of nitrogens with zero attached hydrogens (tertiary/aromatic N) is 5. The van der Waals surface area contributed by atoms with Crippen molar-refractivity contribution in [2.45, 2.75) is 38.5 Å². The van der Waals surface area contributed by atoms with Gasteiger partial charge in [-0.2, -0.15) is 44.3 Å². The zero-order valence-corrected chi connectivity index (χ0v) is 22.0. The maximum atomic E-state index is 15.0. The molecule has 43 heavy (non-hydrogen) atoms. The number of rotatable bonds is 7. The number of halogens is 10. The molecule has 0 aliphatic rings. The fraction of sp³-hybridized carbons (Fsp3) is 0.259. The first-order valence-electron chi connectivity index (χ1n) is 12.1. The Morgan fingerprint density at radius 1 is 0.767 bits per heavy atom. The number of hydrogen-bond donors (Lipinski definition) is 0. The smallest absolute Gasteiger partial charge is 0.330 e. The molecule has 3 aromatic carbocycles. The second-order valence-corrected chi connectivity index (χ2v) is 9.47. The van der Waals surface area contributed by atoms with Gasteiger partial charge in [0.2, 0.25) is 0 Å². The van der Waals surface area contributed by atoms with Crippen molar-refractivity contribution in [3.8, 4) is 11.1 Å². The zero-order chi connectivity index (χ0) is 31.9. The molecule has 0 radical (unpaired) electrons. The predicted octanol–water partition coefficient (Wildman–Crippen LogP) is 7.48. The minimum atomic E-state index is -5.15. The van der Waals surface area contributed by atoms with E-state index in [2.05, 4.69) is 15.4 Å². The van der Waals surface area contributed by atoms with Crippen LogP contribution in [0.25, 0.3) is 11.1 Å². The van der Waals surface area contributed by atoms with Crippen LogP contribution in [0.1, 0.15) is 45.1 Å². The van der Waals surface area contributed by atoms with Gasteiger partial charge in [-0.15, -0.1) is 5.10 Å². The van der Waals surface area contributed by atoms with E-state index in [1.54, 1.807) is 0 Å². The molecule has 6 nitrogen and oxygen atoms in total. The van der Waals surface area contributed by atoms with Gasteiger partial charge < -0.3 is 4.90 Å². The fourth-order valence-electron chi connectivity index (χ4n) is 4.25. The summed E-state index contributed by atoms with van der Waals surface area (Å²) in [5.41, 5.74) is -5.49. The molecule has 0 saturated carbocycles. The quantitative estimate of drug-likeness (QED) is 0.159. The van der Waals surface area contributed by atoms with Crippen LogP contribution < -0.4 is 4.90 Å². The fourth-order valence-corrected chi connectivity index (χ4v) is 4.25. The summed E-state index contributed by atoms with van der Waals surface area (Å²) in [6.45, 7) is -0.201. The van der Waals surface area contributed by atoms with Crippen molar-refractivity contribution in [2.75, 3.05) is 4.90 Å². The van der Waals surface area contributed by atoms with Gasteiger partial charge in [-0.05, 0) is 77.4 Å². The van der Waals surface area contributed by atoms with Gasteiger partial charge in [0, 0.05) is 24.2 Å². The summed E-state index contributed by atoms with van der Waals surface area (Å²) >= 11 is 0. The van der Waals surface area contributed by atoms with Crippen molar-refractivity contribution in [1.82, 2.24) is 20.2 Å². The van der Waals surface area contributed by atoms with Gasteiger partial charge in [-0.25, -0.2) is 4.39 Å². The van der Waals surface area contributed by atoms with Crippen LogP contribution in [0.3, 0.4) is 0 Å². The number of alkyl halides is 9.